The van der Waals surface area contributed by atoms with Crippen LogP contribution in [0.3, 0.4) is 0 Å². The van der Waals surface area contributed by atoms with Gasteiger partial charge in [0.15, 0.2) is 16.7 Å². The summed E-state index contributed by atoms with van der Waals surface area (Å²) in [5, 5.41) is 0.837. The molecule has 1 heterocycles. The van der Waals surface area contributed by atoms with Gasteiger partial charge in [-0.25, -0.2) is 9.37 Å². The van der Waals surface area contributed by atoms with Crippen LogP contribution in [0.15, 0.2) is 47.6 Å². The average molecular weight is 402 g/mol. The first-order chi connectivity index (χ1) is 13.6. The highest BCUT2D eigenvalue weighted by atomic mass is 32.2. The van der Waals surface area contributed by atoms with E-state index in [4.69, 9.17) is 4.74 Å². The minimum atomic E-state index is -0.422. The molecule has 0 aliphatic heterocycles. The first-order valence-corrected chi connectivity index (χ1v) is 10.2. The molecule has 0 radical (unpaired) electrons. The summed E-state index contributed by atoms with van der Waals surface area (Å²) >= 11 is 1.44. The fraction of sp³-hybridized carbons (Fsp3) is 0.333. The molecule has 2 aromatic carbocycles. The maximum Gasteiger partial charge on any atom is 0.233 e. The van der Waals surface area contributed by atoms with E-state index >= 15 is 0 Å². The number of amides is 1. The number of aryl methyl sites for hydroxylation is 1. The Labute approximate surface area is 168 Å². The quantitative estimate of drug-likeness (QED) is 0.527. The average Bonchev–Trinajstić information content (AvgIpc) is 3.07. The molecule has 0 bridgehead atoms. The fourth-order valence-corrected chi connectivity index (χ4v) is 4.07. The Hall–Kier alpha value is -2.54. The zero-order chi connectivity index (χ0) is 20.1. The lowest BCUT2D eigenvalue weighted by atomic mass is 10.2. The van der Waals surface area contributed by atoms with E-state index in [-0.39, 0.29) is 17.4 Å². The highest BCUT2D eigenvalue weighted by molar-refractivity contribution is 7.99. The maximum absolute atomic E-state index is 13.9. The second-order valence-corrected chi connectivity index (χ2v) is 7.24. The Morgan fingerprint density at radius 2 is 2.04 bits per heavy atom. The number of thioether (sulfide) groups is 1. The van der Waals surface area contributed by atoms with Gasteiger partial charge in [-0.1, -0.05) is 30.0 Å². The number of para-hydroxylation sites is 2. The molecule has 1 aromatic heterocycles. The van der Waals surface area contributed by atoms with Gasteiger partial charge in [0.05, 0.1) is 23.9 Å². The van der Waals surface area contributed by atoms with Crippen molar-refractivity contribution in [2.45, 2.75) is 32.1 Å². The van der Waals surface area contributed by atoms with E-state index in [1.807, 2.05) is 31.2 Å². The summed E-state index contributed by atoms with van der Waals surface area (Å²) in [4.78, 5) is 19.1. The molecule has 0 unspecified atom stereocenters. The van der Waals surface area contributed by atoms with Gasteiger partial charge in [0.1, 0.15) is 0 Å². The highest BCUT2D eigenvalue weighted by Gasteiger charge is 2.16. The van der Waals surface area contributed by atoms with Crippen LogP contribution in [0.2, 0.25) is 0 Å². The van der Waals surface area contributed by atoms with Crippen LogP contribution in [-0.2, 0) is 17.9 Å². The smallest absolute Gasteiger partial charge is 0.233 e. The van der Waals surface area contributed by atoms with E-state index in [1.165, 1.54) is 24.9 Å². The van der Waals surface area contributed by atoms with Crippen molar-refractivity contribution >= 4 is 28.7 Å². The number of ether oxygens (including phenoxy) is 1. The number of methoxy groups -OCH3 is 1. The molecule has 7 heteroatoms. The van der Waals surface area contributed by atoms with Crippen molar-refractivity contribution in [3.8, 4) is 5.75 Å². The number of imidazole rings is 1. The standard InChI is InChI=1S/C21H24FN3O2S/c1-4-24(13-15-10-11-19(27-3)16(22)12-15)20(26)14-28-21-23-17-8-6-7-9-18(17)25(21)5-2/h6-12H,4-5,13-14H2,1-3H3. The van der Waals surface area contributed by atoms with Gasteiger partial charge in [-0.2, -0.15) is 0 Å². The lowest BCUT2D eigenvalue weighted by molar-refractivity contribution is -0.128. The van der Waals surface area contributed by atoms with Crippen molar-refractivity contribution in [2.24, 2.45) is 0 Å². The topological polar surface area (TPSA) is 47.4 Å². The Morgan fingerprint density at radius 3 is 2.71 bits per heavy atom. The molecule has 148 valence electrons. The third kappa shape index (κ3) is 4.30. The summed E-state index contributed by atoms with van der Waals surface area (Å²) in [7, 11) is 1.43. The van der Waals surface area contributed by atoms with Gasteiger partial charge in [0.25, 0.3) is 0 Å². The zero-order valence-corrected chi connectivity index (χ0v) is 17.1. The number of halogens is 1. The molecular formula is C21H24FN3O2S. The monoisotopic (exact) mass is 401 g/mol. The molecule has 0 saturated heterocycles. The Morgan fingerprint density at radius 1 is 1.25 bits per heavy atom. The van der Waals surface area contributed by atoms with E-state index < -0.39 is 5.82 Å². The number of carbonyl (C=O) groups excluding carboxylic acids is 1. The third-order valence-electron chi connectivity index (χ3n) is 4.58. The second kappa shape index (κ2) is 9.10. The van der Waals surface area contributed by atoms with Crippen molar-refractivity contribution < 1.29 is 13.9 Å². The van der Waals surface area contributed by atoms with Crippen LogP contribution in [0.4, 0.5) is 4.39 Å². The molecule has 5 nitrogen and oxygen atoms in total. The minimum absolute atomic E-state index is 0.00145. The number of carbonyl (C=O) groups is 1. The molecule has 3 aromatic rings. The summed E-state index contributed by atoms with van der Waals surface area (Å²) in [5.74, 6) is 0.0654. The highest BCUT2D eigenvalue weighted by Crippen LogP contribution is 2.25. The van der Waals surface area contributed by atoms with Crippen molar-refractivity contribution in [3.05, 3.63) is 53.8 Å². The third-order valence-corrected chi connectivity index (χ3v) is 5.55. The molecule has 0 spiro atoms. The predicted molar refractivity (Wildman–Crippen MR) is 110 cm³/mol. The van der Waals surface area contributed by atoms with Crippen molar-refractivity contribution in [3.63, 3.8) is 0 Å². The molecule has 0 aliphatic rings. The van der Waals surface area contributed by atoms with Gasteiger partial charge in [-0.15, -0.1) is 0 Å². The summed E-state index contributed by atoms with van der Waals surface area (Å²) in [5.41, 5.74) is 2.74. The lowest BCUT2D eigenvalue weighted by Gasteiger charge is -2.21. The number of aromatic nitrogens is 2. The fourth-order valence-electron chi connectivity index (χ4n) is 3.09. The first-order valence-electron chi connectivity index (χ1n) is 9.25. The van der Waals surface area contributed by atoms with Gasteiger partial charge in [0, 0.05) is 19.6 Å². The Bertz CT molecular complexity index is 973. The van der Waals surface area contributed by atoms with Crippen LogP contribution in [0.5, 0.6) is 5.75 Å². The molecule has 28 heavy (non-hydrogen) atoms. The molecular weight excluding hydrogens is 377 g/mol. The predicted octanol–water partition coefficient (Wildman–Crippen LogP) is 4.34. The van der Waals surface area contributed by atoms with Crippen molar-refractivity contribution in [2.75, 3.05) is 19.4 Å². The van der Waals surface area contributed by atoms with Crippen LogP contribution in [0.1, 0.15) is 19.4 Å². The molecule has 1 amide bonds. The van der Waals surface area contributed by atoms with E-state index in [2.05, 4.69) is 16.5 Å². The summed E-state index contributed by atoms with van der Waals surface area (Å²) in [6, 6.07) is 12.7. The Balaban J connectivity index is 1.68. The Kier molecular flexibility index (Phi) is 6.57. The second-order valence-electron chi connectivity index (χ2n) is 6.29. The van der Waals surface area contributed by atoms with E-state index in [9.17, 15) is 9.18 Å². The summed E-state index contributed by atoms with van der Waals surface area (Å²) in [6.07, 6.45) is 0. The number of hydrogen-bond acceptors (Lipinski definition) is 4. The summed E-state index contributed by atoms with van der Waals surface area (Å²) < 4.78 is 21.0. The minimum Gasteiger partial charge on any atom is -0.494 e. The summed E-state index contributed by atoms with van der Waals surface area (Å²) in [6.45, 7) is 5.69. The molecule has 0 aliphatic carbocycles. The number of rotatable bonds is 8. The molecule has 3 rings (SSSR count). The number of nitrogens with zero attached hydrogens (tertiary/aromatic N) is 3. The zero-order valence-electron chi connectivity index (χ0n) is 16.3. The largest absolute Gasteiger partial charge is 0.494 e. The number of fused-ring (bicyclic) bond motifs is 1. The van der Waals surface area contributed by atoms with Crippen LogP contribution in [0, 0.1) is 5.82 Å². The molecule has 0 fully saturated rings. The van der Waals surface area contributed by atoms with Crippen LogP contribution < -0.4 is 4.74 Å². The van der Waals surface area contributed by atoms with E-state index in [0.717, 1.165) is 28.3 Å². The molecule has 0 N–H and O–H groups in total. The maximum atomic E-state index is 13.9. The van der Waals surface area contributed by atoms with Gasteiger partial charge in [-0.3, -0.25) is 4.79 Å². The van der Waals surface area contributed by atoms with Gasteiger partial charge in [-0.05, 0) is 43.7 Å². The van der Waals surface area contributed by atoms with Gasteiger partial charge >= 0.3 is 0 Å². The van der Waals surface area contributed by atoms with E-state index in [1.54, 1.807) is 17.0 Å². The number of hydrogen-bond donors (Lipinski definition) is 0. The number of benzene rings is 2. The van der Waals surface area contributed by atoms with Crippen LogP contribution >= 0.6 is 11.8 Å². The van der Waals surface area contributed by atoms with Gasteiger partial charge < -0.3 is 14.2 Å². The normalized spacial score (nSPS) is 11.0. The molecule has 0 atom stereocenters. The first kappa shape index (κ1) is 20.2. The van der Waals surface area contributed by atoms with E-state index in [0.29, 0.717) is 13.1 Å². The van der Waals surface area contributed by atoms with Crippen LogP contribution in [0.25, 0.3) is 11.0 Å². The lowest BCUT2D eigenvalue weighted by Crippen LogP contribution is -2.31. The SMILES string of the molecule is CCN(Cc1ccc(OC)c(F)c1)C(=O)CSc1nc2ccccc2n1CC. The van der Waals surface area contributed by atoms with Crippen molar-refractivity contribution in [1.82, 2.24) is 14.5 Å². The van der Waals surface area contributed by atoms with Crippen molar-refractivity contribution in [1.29, 1.82) is 0 Å². The van der Waals surface area contributed by atoms with Gasteiger partial charge in [0.2, 0.25) is 5.91 Å². The molecule has 0 saturated carbocycles. The van der Waals surface area contributed by atoms with Crippen LogP contribution in [-0.4, -0.2) is 39.8 Å².